The fraction of sp³-hybridized carbons (Fsp3) is 0.450. The second kappa shape index (κ2) is 7.19. The van der Waals surface area contributed by atoms with E-state index in [4.69, 9.17) is 0 Å². The number of rotatable bonds is 2. The van der Waals surface area contributed by atoms with E-state index < -0.39 is 0 Å². The summed E-state index contributed by atoms with van der Waals surface area (Å²) < 4.78 is 0. The van der Waals surface area contributed by atoms with Gasteiger partial charge in [0.15, 0.2) is 0 Å². The number of carbonyl (C=O) groups is 2. The quantitative estimate of drug-likeness (QED) is 0.816. The summed E-state index contributed by atoms with van der Waals surface area (Å²) >= 11 is 1.44. The number of carbonyl (C=O) groups excluding carboxylic acids is 2. The number of aromatic nitrogens is 1. The smallest absolute Gasteiger partial charge is 0.264 e. The van der Waals surface area contributed by atoms with Crippen LogP contribution < -0.4 is 0 Å². The Balaban J connectivity index is 1.64. The maximum absolute atomic E-state index is 13.3. The van der Waals surface area contributed by atoms with E-state index >= 15 is 0 Å². The predicted octanol–water partition coefficient (Wildman–Crippen LogP) is 3.28. The van der Waals surface area contributed by atoms with Crippen LogP contribution in [0.2, 0.25) is 0 Å². The molecular weight excluding hydrogens is 346 g/mol. The van der Waals surface area contributed by atoms with Gasteiger partial charge in [0.05, 0.1) is 16.5 Å². The lowest BCUT2D eigenvalue weighted by atomic mass is 9.91. The number of hydrogen-bond acceptors (Lipinski definition) is 4. The molecule has 2 amide bonds. The maximum Gasteiger partial charge on any atom is 0.264 e. The monoisotopic (exact) mass is 369 g/mol. The summed E-state index contributed by atoms with van der Waals surface area (Å²) in [5.41, 5.74) is 1.82. The zero-order valence-corrected chi connectivity index (χ0v) is 15.7. The number of likely N-dealkylation sites (tertiary alicyclic amines) is 1. The average molecular weight is 369 g/mol. The minimum atomic E-state index is -0.371. The van der Waals surface area contributed by atoms with Gasteiger partial charge >= 0.3 is 0 Å². The lowest BCUT2D eigenvalue weighted by Gasteiger charge is -2.39. The highest BCUT2D eigenvalue weighted by molar-refractivity contribution is 7.12. The van der Waals surface area contributed by atoms with Gasteiger partial charge in [-0.1, -0.05) is 12.1 Å². The number of piperidine rings is 1. The van der Waals surface area contributed by atoms with Crippen LogP contribution >= 0.6 is 11.3 Å². The van der Waals surface area contributed by atoms with Crippen molar-refractivity contribution in [2.24, 2.45) is 0 Å². The lowest BCUT2D eigenvalue weighted by Crippen LogP contribution is -2.49. The topological polar surface area (TPSA) is 53.5 Å². The minimum Gasteiger partial charge on any atom is -0.339 e. The fourth-order valence-electron chi connectivity index (χ4n) is 4.01. The first-order chi connectivity index (χ1) is 12.6. The summed E-state index contributed by atoms with van der Waals surface area (Å²) in [6.07, 6.45) is 5.02. The van der Waals surface area contributed by atoms with Crippen LogP contribution in [0.1, 0.15) is 53.0 Å². The van der Waals surface area contributed by atoms with Crippen molar-refractivity contribution in [3.8, 4) is 0 Å². The summed E-state index contributed by atoms with van der Waals surface area (Å²) in [5.74, 6) is -0.260. The highest BCUT2D eigenvalue weighted by Gasteiger charge is 2.38. The van der Waals surface area contributed by atoms with Crippen molar-refractivity contribution in [1.29, 1.82) is 0 Å². The summed E-state index contributed by atoms with van der Waals surface area (Å²) in [6.45, 7) is 3.84. The van der Waals surface area contributed by atoms with Crippen molar-refractivity contribution >= 4 is 23.2 Å². The van der Waals surface area contributed by atoms with Gasteiger partial charge < -0.3 is 9.80 Å². The molecule has 0 saturated carbocycles. The van der Waals surface area contributed by atoms with Gasteiger partial charge in [0.25, 0.3) is 5.91 Å². The van der Waals surface area contributed by atoms with Gasteiger partial charge in [0.2, 0.25) is 5.91 Å². The van der Waals surface area contributed by atoms with Crippen LogP contribution in [0.25, 0.3) is 0 Å². The molecule has 0 aliphatic carbocycles. The third-order valence-corrected chi connectivity index (χ3v) is 6.28. The summed E-state index contributed by atoms with van der Waals surface area (Å²) in [4.78, 5) is 35.2. The standard InChI is InChI=1S/C20H23N3O2S/c1-14-6-2-3-10-23(14)19(24)16-13-22(20(25)17-8-5-11-26-17)12-15-7-4-9-21-18(15)16/h4-5,7-9,11,14,16H,2-3,6,10,12-13H2,1H3. The highest BCUT2D eigenvalue weighted by Crippen LogP contribution is 2.31. The molecule has 0 radical (unpaired) electrons. The molecule has 0 aromatic carbocycles. The van der Waals surface area contributed by atoms with E-state index in [1.807, 2.05) is 34.5 Å². The minimum absolute atomic E-state index is 0.000930. The zero-order valence-electron chi connectivity index (χ0n) is 14.9. The van der Waals surface area contributed by atoms with E-state index in [2.05, 4.69) is 11.9 Å². The molecule has 0 spiro atoms. The molecule has 1 saturated heterocycles. The molecular formula is C20H23N3O2S. The van der Waals surface area contributed by atoms with Crippen LogP contribution in [0.15, 0.2) is 35.8 Å². The van der Waals surface area contributed by atoms with Gasteiger partial charge in [-0.05, 0) is 49.3 Å². The number of fused-ring (bicyclic) bond motifs is 1. The number of hydrogen-bond donors (Lipinski definition) is 0. The van der Waals surface area contributed by atoms with Crippen LogP contribution in [-0.2, 0) is 11.3 Å². The predicted molar refractivity (Wildman–Crippen MR) is 101 cm³/mol. The number of amides is 2. The Morgan fingerprint density at radius 1 is 1.23 bits per heavy atom. The molecule has 4 rings (SSSR count). The first kappa shape index (κ1) is 17.2. The number of nitrogens with zero attached hydrogens (tertiary/aromatic N) is 3. The molecule has 0 bridgehead atoms. The Morgan fingerprint density at radius 3 is 2.88 bits per heavy atom. The molecule has 4 heterocycles. The summed E-state index contributed by atoms with van der Waals surface area (Å²) in [6, 6.07) is 7.84. The molecule has 2 aliphatic rings. The Morgan fingerprint density at radius 2 is 2.12 bits per heavy atom. The van der Waals surface area contributed by atoms with E-state index in [1.54, 1.807) is 11.1 Å². The van der Waals surface area contributed by atoms with Gasteiger partial charge in [0, 0.05) is 31.9 Å². The average Bonchev–Trinajstić information content (AvgIpc) is 3.21. The van der Waals surface area contributed by atoms with Crippen LogP contribution in [0.4, 0.5) is 0 Å². The van der Waals surface area contributed by atoms with E-state index in [0.717, 1.165) is 35.5 Å². The molecule has 6 heteroatoms. The second-order valence-electron chi connectivity index (χ2n) is 7.14. The normalized spacial score (nSPS) is 22.8. The molecule has 136 valence electrons. The molecule has 26 heavy (non-hydrogen) atoms. The van der Waals surface area contributed by atoms with Gasteiger partial charge in [-0.2, -0.15) is 0 Å². The first-order valence-electron chi connectivity index (χ1n) is 9.22. The van der Waals surface area contributed by atoms with Gasteiger partial charge in [-0.3, -0.25) is 14.6 Å². The van der Waals surface area contributed by atoms with Crippen molar-refractivity contribution < 1.29 is 9.59 Å². The Kier molecular flexibility index (Phi) is 4.76. The summed E-state index contributed by atoms with van der Waals surface area (Å²) in [7, 11) is 0. The molecule has 0 N–H and O–H groups in total. The number of pyridine rings is 1. The third kappa shape index (κ3) is 3.14. The van der Waals surface area contributed by atoms with Crippen LogP contribution in [0.3, 0.4) is 0 Å². The molecule has 2 aliphatic heterocycles. The van der Waals surface area contributed by atoms with Gasteiger partial charge in [-0.15, -0.1) is 11.3 Å². The summed E-state index contributed by atoms with van der Waals surface area (Å²) in [5, 5.41) is 1.91. The largest absolute Gasteiger partial charge is 0.339 e. The van der Waals surface area contributed by atoms with Crippen LogP contribution in [-0.4, -0.2) is 45.7 Å². The van der Waals surface area contributed by atoms with Crippen molar-refractivity contribution in [3.05, 3.63) is 52.0 Å². The van der Waals surface area contributed by atoms with E-state index in [1.165, 1.54) is 17.8 Å². The Labute approximate surface area is 157 Å². The molecule has 2 aromatic rings. The van der Waals surface area contributed by atoms with Gasteiger partial charge in [-0.25, -0.2) is 0 Å². The molecule has 2 unspecified atom stereocenters. The fourth-order valence-corrected chi connectivity index (χ4v) is 4.70. The van der Waals surface area contributed by atoms with E-state index in [9.17, 15) is 9.59 Å². The van der Waals surface area contributed by atoms with E-state index in [-0.39, 0.29) is 23.8 Å². The Bertz CT molecular complexity index is 805. The third-order valence-electron chi connectivity index (χ3n) is 5.42. The molecule has 2 atom stereocenters. The first-order valence-corrected chi connectivity index (χ1v) is 10.1. The zero-order chi connectivity index (χ0) is 18.1. The molecule has 2 aromatic heterocycles. The maximum atomic E-state index is 13.3. The van der Waals surface area contributed by atoms with Crippen molar-refractivity contribution in [2.45, 2.75) is 44.7 Å². The number of thiophene rings is 1. The van der Waals surface area contributed by atoms with Crippen molar-refractivity contribution in [2.75, 3.05) is 13.1 Å². The lowest BCUT2D eigenvalue weighted by molar-refractivity contribution is -0.136. The molecule has 1 fully saturated rings. The van der Waals surface area contributed by atoms with Crippen LogP contribution in [0.5, 0.6) is 0 Å². The molecule has 5 nitrogen and oxygen atoms in total. The van der Waals surface area contributed by atoms with Crippen molar-refractivity contribution in [3.63, 3.8) is 0 Å². The Hall–Kier alpha value is -2.21. The second-order valence-corrected chi connectivity index (χ2v) is 8.09. The highest BCUT2D eigenvalue weighted by atomic mass is 32.1. The van der Waals surface area contributed by atoms with Crippen LogP contribution in [0, 0.1) is 0 Å². The van der Waals surface area contributed by atoms with E-state index in [0.29, 0.717) is 13.1 Å². The SMILES string of the molecule is CC1CCCCN1C(=O)C1CN(C(=O)c2cccs2)Cc2cccnc21. The van der Waals surface area contributed by atoms with Gasteiger partial charge in [0.1, 0.15) is 0 Å². The van der Waals surface area contributed by atoms with Crippen molar-refractivity contribution in [1.82, 2.24) is 14.8 Å².